The van der Waals surface area contributed by atoms with E-state index in [1.165, 1.54) is 17.6 Å². The highest BCUT2D eigenvalue weighted by molar-refractivity contribution is 5.05. The third-order valence-electron chi connectivity index (χ3n) is 3.70. The van der Waals surface area contributed by atoms with Crippen molar-refractivity contribution >= 4 is 0 Å². The second-order valence-electron chi connectivity index (χ2n) is 5.84. The predicted octanol–water partition coefficient (Wildman–Crippen LogP) is 3.69. The summed E-state index contributed by atoms with van der Waals surface area (Å²) in [6, 6.07) is 1.25. The Morgan fingerprint density at radius 2 is 1.75 bits per heavy atom. The van der Waals surface area contributed by atoms with Crippen LogP contribution in [0.15, 0.2) is 36.5 Å². The zero-order valence-corrected chi connectivity index (χ0v) is 11.3. The summed E-state index contributed by atoms with van der Waals surface area (Å²) in [5.41, 5.74) is 2.57. The van der Waals surface area contributed by atoms with Crippen LogP contribution in [-0.2, 0) is 0 Å². The van der Waals surface area contributed by atoms with Crippen LogP contribution in [0.4, 0.5) is 0 Å². The minimum absolute atomic E-state index is 0.579. The Kier molecular flexibility index (Phi) is 4.15. The number of nitrogens with zero attached hydrogens (tertiary/aromatic N) is 1. The first-order valence-electron chi connectivity index (χ1n) is 6.12. The van der Waals surface area contributed by atoms with Gasteiger partial charge in [-0.15, -0.1) is 0 Å². The van der Waals surface area contributed by atoms with Crippen molar-refractivity contribution in [1.29, 1.82) is 0 Å². The minimum atomic E-state index is 0.579. The highest BCUT2D eigenvalue weighted by Crippen LogP contribution is 2.29. The van der Waals surface area contributed by atoms with Gasteiger partial charge in [0.1, 0.15) is 6.04 Å². The van der Waals surface area contributed by atoms with Crippen LogP contribution in [0.25, 0.3) is 0 Å². The molecule has 0 N–H and O–H groups in total. The Hall–Kier alpha value is -0.820. The number of quaternary nitrogens is 1. The van der Waals surface area contributed by atoms with Gasteiger partial charge in [-0.3, -0.25) is 0 Å². The molecule has 0 unspecified atom stereocenters. The number of likely N-dealkylation sites (N-methyl/N-ethyl adjacent to an activating group) is 1. The van der Waals surface area contributed by atoms with Gasteiger partial charge in [-0.25, -0.2) is 0 Å². The van der Waals surface area contributed by atoms with Gasteiger partial charge >= 0.3 is 0 Å². The van der Waals surface area contributed by atoms with Gasteiger partial charge in [0.25, 0.3) is 0 Å². The van der Waals surface area contributed by atoms with E-state index in [1.54, 1.807) is 0 Å². The van der Waals surface area contributed by atoms with Crippen LogP contribution in [0.5, 0.6) is 0 Å². The molecule has 1 heteroatoms. The van der Waals surface area contributed by atoms with Gasteiger partial charge in [-0.2, -0.15) is 0 Å². The van der Waals surface area contributed by atoms with Crippen molar-refractivity contribution in [3.63, 3.8) is 0 Å². The monoisotopic (exact) mass is 220 g/mol. The van der Waals surface area contributed by atoms with Crippen LogP contribution in [0.1, 0.15) is 33.1 Å². The number of hydrogen-bond donors (Lipinski definition) is 0. The molecule has 0 bridgehead atoms. The molecule has 1 nitrogen and oxygen atoms in total. The quantitative estimate of drug-likeness (QED) is 0.501. The lowest BCUT2D eigenvalue weighted by Crippen LogP contribution is -2.56. The SMILES string of the molecule is C=C(C)C[C@@H]1CC=C[C@H](CC(=C)C)[N+]1(C)C. The van der Waals surface area contributed by atoms with E-state index in [2.05, 4.69) is 53.3 Å². The average molecular weight is 220 g/mol. The topological polar surface area (TPSA) is 0 Å². The van der Waals surface area contributed by atoms with Gasteiger partial charge in [0.05, 0.1) is 20.1 Å². The van der Waals surface area contributed by atoms with Crippen LogP contribution in [0.3, 0.4) is 0 Å². The Morgan fingerprint density at radius 3 is 2.25 bits per heavy atom. The minimum Gasteiger partial charge on any atom is -0.320 e. The van der Waals surface area contributed by atoms with Gasteiger partial charge in [-0.05, 0) is 19.9 Å². The van der Waals surface area contributed by atoms with Crippen LogP contribution >= 0.6 is 0 Å². The molecule has 0 spiro atoms. The maximum Gasteiger partial charge on any atom is 0.111 e. The molecule has 0 aromatic heterocycles. The molecule has 16 heavy (non-hydrogen) atoms. The molecule has 1 aliphatic rings. The van der Waals surface area contributed by atoms with Crippen molar-refractivity contribution in [1.82, 2.24) is 0 Å². The van der Waals surface area contributed by atoms with E-state index < -0.39 is 0 Å². The first-order chi connectivity index (χ1) is 7.34. The zero-order valence-electron chi connectivity index (χ0n) is 11.3. The summed E-state index contributed by atoms with van der Waals surface area (Å²) >= 11 is 0. The van der Waals surface area contributed by atoms with Crippen LogP contribution in [0.2, 0.25) is 0 Å². The molecule has 0 aromatic carbocycles. The standard InChI is InChI=1S/C15H26N/c1-12(2)10-14-8-7-9-15(11-13(3)4)16(14,5)6/h7-8,14-15H,1,3,9-11H2,2,4-6H3/q+1/t14-,15+/m1/s1. The second kappa shape index (κ2) is 5.01. The van der Waals surface area contributed by atoms with Crippen molar-refractivity contribution < 1.29 is 4.48 Å². The Bertz CT molecular complexity index is 309. The molecule has 2 atom stereocenters. The molecular weight excluding hydrogens is 194 g/mol. The van der Waals surface area contributed by atoms with Crippen LogP contribution in [-0.4, -0.2) is 30.7 Å². The summed E-state index contributed by atoms with van der Waals surface area (Å²) < 4.78 is 1.07. The highest BCUT2D eigenvalue weighted by Gasteiger charge is 2.36. The van der Waals surface area contributed by atoms with Crippen molar-refractivity contribution in [2.24, 2.45) is 0 Å². The third kappa shape index (κ3) is 3.08. The highest BCUT2D eigenvalue weighted by atomic mass is 15.4. The van der Waals surface area contributed by atoms with E-state index in [0.717, 1.165) is 17.3 Å². The molecule has 0 aromatic rings. The zero-order chi connectivity index (χ0) is 12.3. The fourth-order valence-corrected chi connectivity index (χ4v) is 2.54. The summed E-state index contributed by atoms with van der Waals surface area (Å²) in [6.07, 6.45) is 8.10. The van der Waals surface area contributed by atoms with E-state index in [1.807, 2.05) is 0 Å². The molecular formula is C15H26N+. The van der Waals surface area contributed by atoms with Gasteiger partial charge in [0, 0.05) is 19.3 Å². The van der Waals surface area contributed by atoms with Crippen molar-refractivity contribution in [3.05, 3.63) is 36.5 Å². The fourth-order valence-electron chi connectivity index (χ4n) is 2.54. The lowest BCUT2D eigenvalue weighted by molar-refractivity contribution is -0.933. The van der Waals surface area contributed by atoms with E-state index >= 15 is 0 Å². The maximum absolute atomic E-state index is 4.05. The molecule has 0 saturated heterocycles. The first kappa shape index (κ1) is 13.2. The Morgan fingerprint density at radius 1 is 1.19 bits per heavy atom. The largest absolute Gasteiger partial charge is 0.320 e. The predicted molar refractivity (Wildman–Crippen MR) is 72.3 cm³/mol. The Labute approximate surface area is 101 Å². The maximum atomic E-state index is 4.05. The Balaban J connectivity index is 2.81. The van der Waals surface area contributed by atoms with E-state index in [0.29, 0.717) is 12.1 Å². The molecule has 0 aliphatic carbocycles. The van der Waals surface area contributed by atoms with Crippen molar-refractivity contribution in [3.8, 4) is 0 Å². The average Bonchev–Trinajstić information content (AvgIpc) is 2.11. The number of hydrogen-bond acceptors (Lipinski definition) is 0. The van der Waals surface area contributed by atoms with Crippen molar-refractivity contribution in [2.45, 2.75) is 45.2 Å². The molecule has 90 valence electrons. The van der Waals surface area contributed by atoms with Gasteiger partial charge in [0.15, 0.2) is 0 Å². The van der Waals surface area contributed by atoms with E-state index in [9.17, 15) is 0 Å². The lowest BCUT2D eigenvalue weighted by atomic mass is 9.92. The van der Waals surface area contributed by atoms with E-state index in [-0.39, 0.29) is 0 Å². The third-order valence-corrected chi connectivity index (χ3v) is 3.70. The van der Waals surface area contributed by atoms with Gasteiger partial charge in [-0.1, -0.05) is 30.4 Å². The normalized spacial score (nSPS) is 27.8. The van der Waals surface area contributed by atoms with Crippen LogP contribution in [0, 0.1) is 0 Å². The number of rotatable bonds is 4. The molecule has 0 fully saturated rings. The summed E-state index contributed by atoms with van der Waals surface area (Å²) in [4.78, 5) is 0. The molecule has 0 radical (unpaired) electrons. The van der Waals surface area contributed by atoms with Crippen LogP contribution < -0.4 is 0 Å². The van der Waals surface area contributed by atoms with Gasteiger partial charge in [0.2, 0.25) is 0 Å². The fraction of sp³-hybridized carbons (Fsp3) is 0.600. The van der Waals surface area contributed by atoms with Crippen molar-refractivity contribution in [2.75, 3.05) is 14.1 Å². The van der Waals surface area contributed by atoms with Gasteiger partial charge < -0.3 is 4.48 Å². The molecule has 0 saturated carbocycles. The summed E-state index contributed by atoms with van der Waals surface area (Å²) in [5.74, 6) is 0. The smallest absolute Gasteiger partial charge is 0.111 e. The lowest BCUT2D eigenvalue weighted by Gasteiger charge is -2.45. The van der Waals surface area contributed by atoms with E-state index in [4.69, 9.17) is 0 Å². The second-order valence-corrected chi connectivity index (χ2v) is 5.84. The molecule has 1 rings (SSSR count). The first-order valence-corrected chi connectivity index (χ1v) is 6.12. The molecule has 1 heterocycles. The molecule has 1 aliphatic heterocycles. The summed E-state index contributed by atoms with van der Waals surface area (Å²) in [5, 5.41) is 0. The summed E-state index contributed by atoms with van der Waals surface area (Å²) in [7, 11) is 4.68. The summed E-state index contributed by atoms with van der Waals surface area (Å²) in [6.45, 7) is 12.3. The molecule has 0 amide bonds.